The molecule has 2 rings (SSSR count). The molecular formula is C12H21N3OS. The molecule has 96 valence electrons. The van der Waals surface area contributed by atoms with Crippen molar-refractivity contribution in [2.45, 2.75) is 19.4 Å². The highest BCUT2D eigenvalue weighted by atomic mass is 32.1. The van der Waals surface area contributed by atoms with Crippen LogP contribution in [0.5, 0.6) is 0 Å². The Morgan fingerprint density at radius 2 is 2.47 bits per heavy atom. The molecule has 1 fully saturated rings. The fourth-order valence-corrected chi connectivity index (χ4v) is 3.11. The lowest BCUT2D eigenvalue weighted by Gasteiger charge is -2.20. The minimum Gasteiger partial charge on any atom is -0.388 e. The number of thiazole rings is 1. The van der Waals surface area contributed by atoms with E-state index >= 15 is 0 Å². The Bertz CT molecular complexity index is 366. The van der Waals surface area contributed by atoms with Gasteiger partial charge in [0.15, 0.2) is 5.13 Å². The zero-order chi connectivity index (χ0) is 12.4. The Balaban J connectivity index is 1.92. The first kappa shape index (κ1) is 12.8. The van der Waals surface area contributed by atoms with Gasteiger partial charge in [0.2, 0.25) is 0 Å². The van der Waals surface area contributed by atoms with Crippen LogP contribution in [0.25, 0.3) is 0 Å². The molecule has 1 aliphatic rings. The largest absolute Gasteiger partial charge is 0.388 e. The van der Waals surface area contributed by atoms with Crippen molar-refractivity contribution in [2.75, 3.05) is 38.6 Å². The van der Waals surface area contributed by atoms with E-state index < -0.39 is 6.10 Å². The lowest BCUT2D eigenvalue weighted by Crippen LogP contribution is -2.27. The van der Waals surface area contributed by atoms with E-state index in [1.54, 1.807) is 24.5 Å². The predicted octanol–water partition coefficient (Wildman–Crippen LogP) is 1.58. The molecule has 1 aromatic heterocycles. The van der Waals surface area contributed by atoms with Gasteiger partial charge < -0.3 is 14.9 Å². The summed E-state index contributed by atoms with van der Waals surface area (Å²) in [6, 6.07) is 0. The van der Waals surface area contributed by atoms with Crippen molar-refractivity contribution in [3.63, 3.8) is 0 Å². The summed E-state index contributed by atoms with van der Waals surface area (Å²) >= 11 is 1.58. The molecule has 5 heteroatoms. The molecule has 0 bridgehead atoms. The van der Waals surface area contributed by atoms with Gasteiger partial charge in [0, 0.05) is 26.3 Å². The van der Waals surface area contributed by atoms with Crippen LogP contribution in [0.3, 0.4) is 0 Å². The molecule has 0 amide bonds. The molecule has 1 saturated heterocycles. The minimum atomic E-state index is -0.410. The van der Waals surface area contributed by atoms with Crippen molar-refractivity contribution in [1.82, 2.24) is 9.88 Å². The van der Waals surface area contributed by atoms with Crippen molar-refractivity contribution < 1.29 is 5.11 Å². The lowest BCUT2D eigenvalue weighted by atomic mass is 10.1. The number of hydrogen-bond donors (Lipinski definition) is 1. The second-order valence-electron chi connectivity index (χ2n) is 5.02. The SMILES string of the molecule is CC(O)c1cnc(N(C)CC2CCN(C)C2)s1. The minimum absolute atomic E-state index is 0.410. The summed E-state index contributed by atoms with van der Waals surface area (Å²) in [4.78, 5) is 9.89. The number of aromatic nitrogens is 1. The highest BCUT2D eigenvalue weighted by Crippen LogP contribution is 2.27. The molecule has 0 aromatic carbocycles. The van der Waals surface area contributed by atoms with Gasteiger partial charge in [-0.05, 0) is 32.9 Å². The first-order chi connectivity index (χ1) is 8.06. The number of aliphatic hydroxyl groups excluding tert-OH is 1. The molecule has 17 heavy (non-hydrogen) atoms. The van der Waals surface area contributed by atoms with Gasteiger partial charge in [-0.15, -0.1) is 0 Å². The van der Waals surface area contributed by atoms with Crippen LogP contribution in [0.2, 0.25) is 0 Å². The third kappa shape index (κ3) is 3.18. The van der Waals surface area contributed by atoms with Crippen LogP contribution < -0.4 is 4.90 Å². The molecule has 1 aliphatic heterocycles. The highest BCUT2D eigenvalue weighted by Gasteiger charge is 2.21. The molecule has 0 aliphatic carbocycles. The Kier molecular flexibility index (Phi) is 4.01. The summed E-state index contributed by atoms with van der Waals surface area (Å²) in [6.07, 6.45) is 2.64. The molecule has 0 spiro atoms. The number of hydrogen-bond acceptors (Lipinski definition) is 5. The van der Waals surface area contributed by atoms with E-state index in [1.807, 2.05) is 0 Å². The Hall–Kier alpha value is -0.650. The van der Waals surface area contributed by atoms with Gasteiger partial charge in [0.1, 0.15) is 0 Å². The van der Waals surface area contributed by atoms with Gasteiger partial charge >= 0.3 is 0 Å². The maximum absolute atomic E-state index is 9.48. The van der Waals surface area contributed by atoms with Crippen LogP contribution in [0, 0.1) is 5.92 Å². The van der Waals surface area contributed by atoms with Gasteiger partial charge in [0.05, 0.1) is 11.0 Å². The third-order valence-electron chi connectivity index (χ3n) is 3.27. The normalized spacial score (nSPS) is 22.9. The molecular weight excluding hydrogens is 234 g/mol. The number of aliphatic hydroxyl groups is 1. The number of rotatable bonds is 4. The second kappa shape index (κ2) is 5.33. The molecule has 0 radical (unpaired) electrons. The van der Waals surface area contributed by atoms with Crippen LogP contribution in [-0.2, 0) is 0 Å². The summed E-state index contributed by atoms with van der Waals surface area (Å²) in [5, 5.41) is 10.5. The molecule has 2 heterocycles. The van der Waals surface area contributed by atoms with Gasteiger partial charge in [-0.25, -0.2) is 4.98 Å². The number of likely N-dealkylation sites (tertiary alicyclic amines) is 1. The van der Waals surface area contributed by atoms with E-state index in [0.717, 1.165) is 22.5 Å². The summed E-state index contributed by atoms with van der Waals surface area (Å²) < 4.78 is 0. The summed E-state index contributed by atoms with van der Waals surface area (Å²) in [5.74, 6) is 0.740. The third-order valence-corrected chi connectivity index (χ3v) is 4.55. The van der Waals surface area contributed by atoms with Crippen molar-refractivity contribution in [2.24, 2.45) is 5.92 Å². The predicted molar refractivity (Wildman–Crippen MR) is 71.6 cm³/mol. The molecule has 2 unspecified atom stereocenters. The van der Waals surface area contributed by atoms with E-state index in [9.17, 15) is 5.11 Å². The van der Waals surface area contributed by atoms with Gasteiger partial charge in [0.25, 0.3) is 0 Å². The fraction of sp³-hybridized carbons (Fsp3) is 0.750. The van der Waals surface area contributed by atoms with E-state index in [0.29, 0.717) is 0 Å². The van der Waals surface area contributed by atoms with Gasteiger partial charge in [-0.1, -0.05) is 11.3 Å². The van der Waals surface area contributed by atoms with E-state index in [4.69, 9.17) is 0 Å². The highest BCUT2D eigenvalue weighted by molar-refractivity contribution is 7.15. The van der Waals surface area contributed by atoms with Crippen LogP contribution in [0.4, 0.5) is 5.13 Å². The molecule has 2 atom stereocenters. The number of nitrogens with zero attached hydrogens (tertiary/aromatic N) is 3. The van der Waals surface area contributed by atoms with E-state index in [-0.39, 0.29) is 0 Å². The standard InChI is InChI=1S/C12H21N3OS/c1-9(16)11-6-13-12(17-11)15(3)8-10-4-5-14(2)7-10/h6,9-10,16H,4-5,7-8H2,1-3H3. The molecule has 4 nitrogen and oxygen atoms in total. The van der Waals surface area contributed by atoms with Crippen LogP contribution in [-0.4, -0.2) is 48.7 Å². The van der Waals surface area contributed by atoms with E-state index in [2.05, 4.69) is 28.9 Å². The van der Waals surface area contributed by atoms with Crippen molar-refractivity contribution >= 4 is 16.5 Å². The van der Waals surface area contributed by atoms with E-state index in [1.165, 1.54) is 19.5 Å². The first-order valence-corrected chi connectivity index (χ1v) is 6.91. The molecule has 0 saturated carbocycles. The number of anilines is 1. The summed E-state index contributed by atoms with van der Waals surface area (Å²) in [5.41, 5.74) is 0. The molecule has 1 aromatic rings. The average Bonchev–Trinajstić information content (AvgIpc) is 2.86. The lowest BCUT2D eigenvalue weighted by molar-refractivity contribution is 0.203. The summed E-state index contributed by atoms with van der Waals surface area (Å²) in [7, 11) is 4.26. The maximum Gasteiger partial charge on any atom is 0.185 e. The van der Waals surface area contributed by atoms with Gasteiger partial charge in [-0.2, -0.15) is 0 Å². The van der Waals surface area contributed by atoms with Gasteiger partial charge in [-0.3, -0.25) is 0 Å². The first-order valence-electron chi connectivity index (χ1n) is 6.09. The molecule has 1 N–H and O–H groups in total. The second-order valence-corrected chi connectivity index (χ2v) is 6.06. The smallest absolute Gasteiger partial charge is 0.185 e. The zero-order valence-corrected chi connectivity index (χ0v) is 11.6. The van der Waals surface area contributed by atoms with Crippen LogP contribution in [0.1, 0.15) is 24.3 Å². The zero-order valence-electron chi connectivity index (χ0n) is 10.8. The van der Waals surface area contributed by atoms with Crippen LogP contribution >= 0.6 is 11.3 Å². The quantitative estimate of drug-likeness (QED) is 0.887. The van der Waals surface area contributed by atoms with Crippen molar-refractivity contribution in [3.8, 4) is 0 Å². The fourth-order valence-electron chi connectivity index (χ4n) is 2.29. The maximum atomic E-state index is 9.48. The Morgan fingerprint density at radius 1 is 1.71 bits per heavy atom. The monoisotopic (exact) mass is 255 g/mol. The topological polar surface area (TPSA) is 39.6 Å². The Morgan fingerprint density at radius 3 is 3.00 bits per heavy atom. The summed E-state index contributed by atoms with van der Waals surface area (Å²) in [6.45, 7) is 5.22. The average molecular weight is 255 g/mol. The Labute approximate surface area is 107 Å². The van der Waals surface area contributed by atoms with Crippen molar-refractivity contribution in [1.29, 1.82) is 0 Å². The van der Waals surface area contributed by atoms with Crippen LogP contribution in [0.15, 0.2) is 6.20 Å². The van der Waals surface area contributed by atoms with Crippen molar-refractivity contribution in [3.05, 3.63) is 11.1 Å².